The summed E-state index contributed by atoms with van der Waals surface area (Å²) in [5, 5.41) is 2.46. The molecule has 1 N–H and O–H groups in total. The fourth-order valence-corrected chi connectivity index (χ4v) is 4.38. The summed E-state index contributed by atoms with van der Waals surface area (Å²) >= 11 is 1.23. The molecule has 7 nitrogen and oxygen atoms in total. The number of hydrazine groups is 1. The highest BCUT2D eigenvalue weighted by atomic mass is 32.2. The number of thioether (sulfide) groups is 1. The first-order chi connectivity index (χ1) is 14.1. The van der Waals surface area contributed by atoms with Crippen LogP contribution in [0.25, 0.3) is 6.08 Å². The Bertz CT molecular complexity index is 861. The molecular formula is C20H23FN4O3S. The molecule has 1 aromatic carbocycles. The molecule has 1 aromatic rings. The van der Waals surface area contributed by atoms with Gasteiger partial charge in [0.25, 0.3) is 5.91 Å². The highest BCUT2D eigenvalue weighted by Crippen LogP contribution is 2.33. The number of amidine groups is 1. The monoisotopic (exact) mass is 418 g/mol. The maximum Gasteiger partial charge on any atom is 0.415 e. The number of aliphatic imine (C=N–C) groups is 1. The largest absolute Gasteiger partial charge is 0.415 e. The van der Waals surface area contributed by atoms with E-state index in [1.807, 2.05) is 5.01 Å². The molecule has 0 spiro atoms. The standard InChI is InChI=1S/C20H23FN4O3S/c21-15-6-7-16(28-20(27)24-9-3-1-4-10-24)14(12-15)13-17-18(26)23-19(29-17)25-11-5-2-8-22-25/h6-7,12-13,22H,1-5,8-11H2/b17-13+. The molecule has 0 bridgehead atoms. The molecule has 2 saturated heterocycles. The van der Waals surface area contributed by atoms with Crippen LogP contribution in [0.1, 0.15) is 37.7 Å². The van der Waals surface area contributed by atoms with Gasteiger partial charge >= 0.3 is 6.09 Å². The molecule has 2 amide bonds. The topological polar surface area (TPSA) is 74.2 Å². The maximum atomic E-state index is 13.9. The van der Waals surface area contributed by atoms with Crippen molar-refractivity contribution in [2.24, 2.45) is 4.99 Å². The van der Waals surface area contributed by atoms with Crippen molar-refractivity contribution in [3.8, 4) is 5.75 Å². The smallest absolute Gasteiger partial charge is 0.410 e. The van der Waals surface area contributed by atoms with Crippen molar-refractivity contribution in [3.63, 3.8) is 0 Å². The number of benzene rings is 1. The molecule has 0 atom stereocenters. The molecule has 3 heterocycles. The number of hydrogen-bond donors (Lipinski definition) is 1. The Kier molecular flexibility index (Phi) is 6.15. The SMILES string of the molecule is O=C1N=C(N2CCCCN2)S/C1=C/c1cc(F)ccc1OC(=O)N1CCCCC1. The lowest BCUT2D eigenvalue weighted by Crippen LogP contribution is -2.45. The van der Waals surface area contributed by atoms with Crippen LogP contribution >= 0.6 is 11.8 Å². The number of ether oxygens (including phenoxy) is 1. The van der Waals surface area contributed by atoms with E-state index in [1.165, 1.54) is 36.0 Å². The number of piperidine rings is 1. The van der Waals surface area contributed by atoms with Gasteiger partial charge in [-0.25, -0.2) is 14.6 Å². The number of likely N-dealkylation sites (tertiary alicyclic amines) is 1. The summed E-state index contributed by atoms with van der Waals surface area (Å²) in [6.45, 7) is 2.94. The molecule has 0 aromatic heterocycles. The molecule has 0 aliphatic carbocycles. The van der Waals surface area contributed by atoms with Gasteiger partial charge in [0.15, 0.2) is 5.17 Å². The summed E-state index contributed by atoms with van der Waals surface area (Å²) in [4.78, 5) is 30.9. The molecule has 0 unspecified atom stereocenters. The average molecular weight is 418 g/mol. The number of nitrogens with one attached hydrogen (secondary N) is 1. The predicted molar refractivity (Wildman–Crippen MR) is 110 cm³/mol. The van der Waals surface area contributed by atoms with Crippen LogP contribution in [0.4, 0.5) is 9.18 Å². The van der Waals surface area contributed by atoms with Crippen LogP contribution in [0.5, 0.6) is 5.75 Å². The molecule has 2 fully saturated rings. The van der Waals surface area contributed by atoms with E-state index in [2.05, 4.69) is 10.4 Å². The molecule has 29 heavy (non-hydrogen) atoms. The minimum absolute atomic E-state index is 0.229. The van der Waals surface area contributed by atoms with E-state index in [9.17, 15) is 14.0 Å². The van der Waals surface area contributed by atoms with Crippen molar-refractivity contribution in [3.05, 3.63) is 34.5 Å². The van der Waals surface area contributed by atoms with Crippen LogP contribution in [-0.4, -0.2) is 53.3 Å². The van der Waals surface area contributed by atoms with Gasteiger partial charge in [-0.05, 0) is 68.1 Å². The van der Waals surface area contributed by atoms with Crippen molar-refractivity contribution in [1.29, 1.82) is 0 Å². The Morgan fingerprint density at radius 1 is 1.17 bits per heavy atom. The number of hydrogen-bond acceptors (Lipinski definition) is 6. The zero-order valence-electron chi connectivity index (χ0n) is 16.0. The maximum absolute atomic E-state index is 13.9. The van der Waals surface area contributed by atoms with Gasteiger partial charge < -0.3 is 9.64 Å². The number of rotatable bonds is 2. The number of amides is 2. The van der Waals surface area contributed by atoms with E-state index in [0.717, 1.165) is 45.2 Å². The van der Waals surface area contributed by atoms with E-state index in [0.29, 0.717) is 28.7 Å². The van der Waals surface area contributed by atoms with E-state index >= 15 is 0 Å². The first-order valence-electron chi connectivity index (χ1n) is 9.90. The summed E-state index contributed by atoms with van der Waals surface area (Å²) < 4.78 is 19.4. The Morgan fingerprint density at radius 2 is 1.97 bits per heavy atom. The van der Waals surface area contributed by atoms with Crippen molar-refractivity contribution >= 4 is 35.0 Å². The molecule has 0 saturated carbocycles. The normalized spacial score (nSPS) is 21.5. The third-order valence-corrected chi connectivity index (χ3v) is 6.03. The quantitative estimate of drug-likeness (QED) is 0.743. The van der Waals surface area contributed by atoms with Crippen LogP contribution in [0.3, 0.4) is 0 Å². The molecule has 3 aliphatic rings. The first-order valence-corrected chi connectivity index (χ1v) is 10.7. The fraction of sp³-hybridized carbons (Fsp3) is 0.450. The van der Waals surface area contributed by atoms with Crippen molar-refractivity contribution in [2.45, 2.75) is 32.1 Å². The van der Waals surface area contributed by atoms with Gasteiger partial charge in [-0.1, -0.05) is 0 Å². The Hall–Kier alpha value is -2.39. The molecule has 3 aliphatic heterocycles. The van der Waals surface area contributed by atoms with Crippen LogP contribution in [0.15, 0.2) is 28.1 Å². The summed E-state index contributed by atoms with van der Waals surface area (Å²) in [6.07, 6.45) is 6.20. The zero-order valence-corrected chi connectivity index (χ0v) is 16.8. The second kappa shape index (κ2) is 8.96. The zero-order chi connectivity index (χ0) is 20.2. The summed E-state index contributed by atoms with van der Waals surface area (Å²) in [6, 6.07) is 3.92. The lowest BCUT2D eigenvalue weighted by Gasteiger charge is -2.28. The van der Waals surface area contributed by atoms with Crippen LogP contribution < -0.4 is 10.2 Å². The minimum atomic E-state index is -0.469. The highest BCUT2D eigenvalue weighted by Gasteiger charge is 2.28. The lowest BCUT2D eigenvalue weighted by atomic mass is 10.1. The van der Waals surface area contributed by atoms with Crippen LogP contribution in [-0.2, 0) is 4.79 Å². The predicted octanol–water partition coefficient (Wildman–Crippen LogP) is 3.38. The number of carbonyl (C=O) groups excluding carboxylic acids is 2. The molecule has 9 heteroatoms. The average Bonchev–Trinajstić information content (AvgIpc) is 3.11. The van der Waals surface area contributed by atoms with Gasteiger partial charge in [0.2, 0.25) is 0 Å². The second-order valence-electron chi connectivity index (χ2n) is 7.17. The summed E-state index contributed by atoms with van der Waals surface area (Å²) in [5.74, 6) is -0.619. The first kappa shape index (κ1) is 19.9. The van der Waals surface area contributed by atoms with Crippen molar-refractivity contribution in [1.82, 2.24) is 15.3 Å². The summed E-state index contributed by atoms with van der Waals surface area (Å²) in [5.41, 5.74) is 3.56. The Labute approximate surface area is 172 Å². The van der Waals surface area contributed by atoms with Gasteiger partial charge in [-0.2, -0.15) is 4.99 Å². The number of carbonyl (C=O) groups is 2. The second-order valence-corrected chi connectivity index (χ2v) is 8.18. The van der Waals surface area contributed by atoms with Crippen molar-refractivity contribution < 1.29 is 18.7 Å². The van der Waals surface area contributed by atoms with Crippen molar-refractivity contribution in [2.75, 3.05) is 26.2 Å². The van der Waals surface area contributed by atoms with Gasteiger partial charge in [0.1, 0.15) is 11.6 Å². The third-order valence-electron chi connectivity index (χ3n) is 5.02. The number of halogens is 1. The fourth-order valence-electron chi connectivity index (χ4n) is 3.47. The molecular weight excluding hydrogens is 395 g/mol. The highest BCUT2D eigenvalue weighted by molar-refractivity contribution is 8.18. The van der Waals surface area contributed by atoms with E-state index < -0.39 is 11.9 Å². The molecule has 0 radical (unpaired) electrons. The van der Waals surface area contributed by atoms with Crippen LogP contribution in [0, 0.1) is 5.82 Å². The lowest BCUT2D eigenvalue weighted by molar-refractivity contribution is -0.113. The van der Waals surface area contributed by atoms with Gasteiger partial charge in [0.05, 0.1) is 4.91 Å². The van der Waals surface area contributed by atoms with E-state index in [-0.39, 0.29) is 11.7 Å². The van der Waals surface area contributed by atoms with Gasteiger partial charge in [-0.3, -0.25) is 9.80 Å². The summed E-state index contributed by atoms with van der Waals surface area (Å²) in [7, 11) is 0. The van der Waals surface area contributed by atoms with Crippen LogP contribution in [0.2, 0.25) is 0 Å². The van der Waals surface area contributed by atoms with Gasteiger partial charge in [0, 0.05) is 31.7 Å². The Morgan fingerprint density at radius 3 is 2.72 bits per heavy atom. The molecule has 4 rings (SSSR count). The number of nitrogens with zero attached hydrogens (tertiary/aromatic N) is 3. The van der Waals surface area contributed by atoms with Gasteiger partial charge in [-0.15, -0.1) is 0 Å². The minimum Gasteiger partial charge on any atom is -0.410 e. The van der Waals surface area contributed by atoms with E-state index in [4.69, 9.17) is 4.74 Å². The van der Waals surface area contributed by atoms with E-state index in [1.54, 1.807) is 4.90 Å². The Balaban J connectivity index is 1.51. The third kappa shape index (κ3) is 4.79. The molecule has 154 valence electrons.